The Labute approximate surface area is 140 Å². The minimum atomic E-state index is -0.829. The van der Waals surface area contributed by atoms with Gasteiger partial charge in [0.1, 0.15) is 11.9 Å². The molecule has 2 rings (SSSR count). The van der Waals surface area contributed by atoms with Gasteiger partial charge in [0.25, 0.3) is 0 Å². The van der Waals surface area contributed by atoms with Crippen LogP contribution < -0.4 is 0 Å². The monoisotopic (exact) mass is 320 g/mol. The van der Waals surface area contributed by atoms with E-state index in [1.165, 1.54) is 5.57 Å². The summed E-state index contributed by atoms with van der Waals surface area (Å²) in [6.45, 7) is 9.99. The quantitative estimate of drug-likeness (QED) is 0.577. The second-order valence-corrected chi connectivity index (χ2v) is 8.25. The van der Waals surface area contributed by atoms with Crippen LogP contribution in [0.15, 0.2) is 23.3 Å². The van der Waals surface area contributed by atoms with Gasteiger partial charge in [0, 0.05) is 12.8 Å². The molecular weight excluding hydrogens is 288 g/mol. The summed E-state index contributed by atoms with van der Waals surface area (Å²) in [7, 11) is 0. The van der Waals surface area contributed by atoms with Crippen LogP contribution in [0.5, 0.6) is 0 Å². The molecule has 1 saturated heterocycles. The molecule has 3 atom stereocenters. The van der Waals surface area contributed by atoms with E-state index in [9.17, 15) is 9.90 Å². The van der Waals surface area contributed by atoms with Crippen molar-refractivity contribution in [3.8, 4) is 0 Å². The average Bonchev–Trinajstić information content (AvgIpc) is 3.02. The molecule has 23 heavy (non-hydrogen) atoms. The lowest BCUT2D eigenvalue weighted by Crippen LogP contribution is -2.24. The van der Waals surface area contributed by atoms with Gasteiger partial charge >= 0.3 is 0 Å². The molecule has 1 N–H and O–H groups in total. The van der Waals surface area contributed by atoms with Crippen LogP contribution in [0, 0.1) is 5.92 Å². The highest BCUT2D eigenvalue weighted by Crippen LogP contribution is 2.43. The lowest BCUT2D eigenvalue weighted by molar-refractivity contribution is -0.119. The van der Waals surface area contributed by atoms with Crippen LogP contribution in [0.4, 0.5) is 0 Å². The molecule has 1 aliphatic heterocycles. The third-order valence-electron chi connectivity index (χ3n) is 5.17. The number of aliphatic hydroxyl groups is 1. The Morgan fingerprint density at radius 2 is 2.09 bits per heavy atom. The third kappa shape index (κ3) is 5.29. The van der Waals surface area contributed by atoms with Crippen LogP contribution in [-0.2, 0) is 9.53 Å². The molecule has 0 saturated carbocycles. The normalized spacial score (nSPS) is 38.6. The number of ether oxygens (including phenoxy) is 1. The number of carbonyl (C=O) groups is 1. The van der Waals surface area contributed by atoms with Gasteiger partial charge in [-0.2, -0.15) is 0 Å². The SMILES string of the molecule is C/C1=C/CC[C@]2(C)O[C@H]2/C=C(/C(C)(C)O)CC[C@H](C)CC(=O)C1. The van der Waals surface area contributed by atoms with E-state index in [1.807, 2.05) is 20.8 Å². The standard InChI is InChI=1S/C20H32O3/c1-14-7-6-10-20(5)18(23-20)13-16(19(3,4)22)9-8-15(2)12-17(21)11-14/h7,13,15,18,22H,6,8-12H2,1-5H3/b14-7-,16-13+/t15-,18-,20-/m0/s1. The van der Waals surface area contributed by atoms with E-state index in [4.69, 9.17) is 4.74 Å². The predicted octanol–water partition coefficient (Wildman–Crippen LogP) is 4.35. The van der Waals surface area contributed by atoms with Crippen LogP contribution in [-0.4, -0.2) is 28.2 Å². The summed E-state index contributed by atoms with van der Waals surface area (Å²) >= 11 is 0. The minimum absolute atomic E-state index is 0.109. The number of Topliss-reactive ketones (excluding diaryl/α,β-unsaturated/α-hetero) is 1. The number of rotatable bonds is 1. The van der Waals surface area contributed by atoms with Crippen LogP contribution in [0.2, 0.25) is 0 Å². The molecule has 1 fully saturated rings. The Kier molecular flexibility index (Phi) is 5.52. The Hall–Kier alpha value is -0.930. The summed E-state index contributed by atoms with van der Waals surface area (Å²) in [5.74, 6) is 0.666. The molecule has 3 heteroatoms. The van der Waals surface area contributed by atoms with Crippen molar-refractivity contribution in [2.75, 3.05) is 0 Å². The fourth-order valence-electron chi connectivity index (χ4n) is 3.40. The molecule has 0 bridgehead atoms. The highest BCUT2D eigenvalue weighted by atomic mass is 16.6. The second kappa shape index (κ2) is 6.90. The lowest BCUT2D eigenvalue weighted by Gasteiger charge is -2.23. The van der Waals surface area contributed by atoms with Gasteiger partial charge in [-0.1, -0.05) is 24.6 Å². The highest BCUT2D eigenvalue weighted by Gasteiger charge is 2.50. The smallest absolute Gasteiger partial charge is 0.137 e. The number of ketones is 1. The van der Waals surface area contributed by atoms with E-state index < -0.39 is 5.60 Å². The van der Waals surface area contributed by atoms with E-state index in [2.05, 4.69) is 26.0 Å². The maximum absolute atomic E-state index is 12.2. The second-order valence-electron chi connectivity index (χ2n) is 8.25. The summed E-state index contributed by atoms with van der Waals surface area (Å²) in [6.07, 6.45) is 9.24. The van der Waals surface area contributed by atoms with Gasteiger partial charge in [0.2, 0.25) is 0 Å². The maximum atomic E-state index is 12.2. The molecule has 130 valence electrons. The van der Waals surface area contributed by atoms with Gasteiger partial charge in [0.15, 0.2) is 0 Å². The first kappa shape index (κ1) is 18.4. The molecule has 0 aromatic heterocycles. The molecule has 1 aliphatic carbocycles. The molecule has 3 nitrogen and oxygen atoms in total. The van der Waals surface area contributed by atoms with Crippen LogP contribution >= 0.6 is 0 Å². The summed E-state index contributed by atoms with van der Waals surface area (Å²) < 4.78 is 5.91. The first-order chi connectivity index (χ1) is 10.6. The molecular formula is C20H32O3. The van der Waals surface area contributed by atoms with E-state index in [0.29, 0.717) is 24.5 Å². The van der Waals surface area contributed by atoms with E-state index in [0.717, 1.165) is 31.3 Å². The molecule has 0 aromatic rings. The number of epoxide rings is 1. The van der Waals surface area contributed by atoms with E-state index in [-0.39, 0.29) is 11.7 Å². The number of carbonyl (C=O) groups excluding carboxylic acids is 1. The Morgan fingerprint density at radius 1 is 1.39 bits per heavy atom. The number of fused-ring (bicyclic) bond motifs is 1. The van der Waals surface area contributed by atoms with Crippen molar-refractivity contribution in [2.24, 2.45) is 5.92 Å². The molecule has 0 amide bonds. The number of hydrogen-bond donors (Lipinski definition) is 1. The van der Waals surface area contributed by atoms with Crippen molar-refractivity contribution < 1.29 is 14.6 Å². The van der Waals surface area contributed by atoms with Crippen molar-refractivity contribution >= 4 is 5.78 Å². The molecule has 0 radical (unpaired) electrons. The van der Waals surface area contributed by atoms with Crippen molar-refractivity contribution in [1.29, 1.82) is 0 Å². The van der Waals surface area contributed by atoms with Gasteiger partial charge in [-0.25, -0.2) is 0 Å². The average molecular weight is 320 g/mol. The zero-order valence-electron chi connectivity index (χ0n) is 15.3. The van der Waals surface area contributed by atoms with Crippen molar-refractivity contribution in [2.45, 2.75) is 90.4 Å². The van der Waals surface area contributed by atoms with Gasteiger partial charge < -0.3 is 9.84 Å². The Bertz CT molecular complexity index is 509. The number of allylic oxidation sites excluding steroid dienone is 2. The van der Waals surface area contributed by atoms with Crippen molar-refractivity contribution in [1.82, 2.24) is 0 Å². The van der Waals surface area contributed by atoms with E-state index in [1.54, 1.807) is 0 Å². The van der Waals surface area contributed by atoms with Crippen LogP contribution in [0.3, 0.4) is 0 Å². The fraction of sp³-hybridized carbons (Fsp3) is 0.750. The zero-order chi connectivity index (χ0) is 17.3. The molecule has 0 spiro atoms. The molecule has 2 aliphatic rings. The third-order valence-corrected chi connectivity index (χ3v) is 5.17. The topological polar surface area (TPSA) is 49.8 Å². The molecule has 1 heterocycles. The van der Waals surface area contributed by atoms with E-state index >= 15 is 0 Å². The maximum Gasteiger partial charge on any atom is 0.137 e. The van der Waals surface area contributed by atoms with Gasteiger partial charge in [-0.05, 0) is 64.9 Å². The van der Waals surface area contributed by atoms with Gasteiger partial charge in [0.05, 0.1) is 11.2 Å². The Morgan fingerprint density at radius 3 is 2.74 bits per heavy atom. The largest absolute Gasteiger partial charge is 0.386 e. The van der Waals surface area contributed by atoms with Gasteiger partial charge in [-0.3, -0.25) is 4.79 Å². The lowest BCUT2D eigenvalue weighted by atomic mass is 9.86. The van der Waals surface area contributed by atoms with Crippen LogP contribution in [0.25, 0.3) is 0 Å². The van der Waals surface area contributed by atoms with Crippen molar-refractivity contribution in [3.05, 3.63) is 23.3 Å². The summed E-state index contributed by atoms with van der Waals surface area (Å²) in [5.41, 5.74) is 1.26. The van der Waals surface area contributed by atoms with Crippen molar-refractivity contribution in [3.63, 3.8) is 0 Å². The zero-order valence-corrected chi connectivity index (χ0v) is 15.3. The predicted molar refractivity (Wildman–Crippen MR) is 93.3 cm³/mol. The van der Waals surface area contributed by atoms with Crippen LogP contribution in [0.1, 0.15) is 73.1 Å². The minimum Gasteiger partial charge on any atom is -0.386 e. The first-order valence-electron chi connectivity index (χ1n) is 8.89. The summed E-state index contributed by atoms with van der Waals surface area (Å²) in [5, 5.41) is 10.4. The van der Waals surface area contributed by atoms with Gasteiger partial charge in [-0.15, -0.1) is 0 Å². The molecule has 0 aromatic carbocycles. The number of hydrogen-bond acceptors (Lipinski definition) is 3. The highest BCUT2D eigenvalue weighted by molar-refractivity contribution is 5.80. The summed E-state index contributed by atoms with van der Waals surface area (Å²) in [6, 6.07) is 0. The first-order valence-corrected chi connectivity index (χ1v) is 8.89. The summed E-state index contributed by atoms with van der Waals surface area (Å²) in [4.78, 5) is 12.2. The molecule has 0 unspecified atom stereocenters. The Balaban J connectivity index is 2.18. The fourth-order valence-corrected chi connectivity index (χ4v) is 3.40.